The number of nitrogens with zero attached hydrogens (tertiary/aromatic N) is 1. The lowest BCUT2D eigenvalue weighted by molar-refractivity contribution is 0.0959. The molecule has 3 aromatic rings. The molecule has 148 valence electrons. The van der Waals surface area contributed by atoms with Gasteiger partial charge in [0.1, 0.15) is 0 Å². The third kappa shape index (κ3) is 5.40. The fraction of sp³-hybridized carbons (Fsp3) is 0.136. The number of pyridine rings is 1. The first-order valence-corrected chi connectivity index (χ1v) is 9.37. The summed E-state index contributed by atoms with van der Waals surface area (Å²) in [6.07, 6.45) is 3.82. The first kappa shape index (κ1) is 20.5. The molecule has 6 nitrogen and oxygen atoms in total. The molecule has 0 radical (unpaired) electrons. The first-order valence-electron chi connectivity index (χ1n) is 9.00. The Bertz CT molecular complexity index is 1040. The number of rotatable bonds is 7. The summed E-state index contributed by atoms with van der Waals surface area (Å²) in [5.74, 6) is -0.319. The molecule has 0 aliphatic carbocycles. The van der Waals surface area contributed by atoms with Crippen LogP contribution in [0.2, 0.25) is 5.02 Å². The molecule has 0 fully saturated rings. The highest BCUT2D eigenvalue weighted by Gasteiger charge is 2.11. The molecule has 5 N–H and O–H groups in total. The number of nitrogen functional groups attached to an aromatic ring is 1. The van der Waals surface area contributed by atoms with Crippen LogP contribution in [0, 0.1) is 5.41 Å². The molecule has 0 saturated heterocycles. The van der Waals surface area contributed by atoms with Crippen molar-refractivity contribution in [1.29, 1.82) is 5.41 Å². The number of nitrogens with one attached hydrogen (secondary N) is 2. The standard InChI is InChI=1S/C22H21ClN4O2/c23-18-5-6-20(24)19(9-18)21(25)12-27-22(29)17-8-16(10-26-11-17)7-14-1-3-15(13-28)4-2-14/h1-6,8-11,25,28H,7,12-13,24H2,(H,27,29). The number of hydrogen-bond acceptors (Lipinski definition) is 5. The fourth-order valence-corrected chi connectivity index (χ4v) is 3.03. The van der Waals surface area contributed by atoms with Crippen LogP contribution in [0.4, 0.5) is 5.69 Å². The van der Waals surface area contributed by atoms with Gasteiger partial charge >= 0.3 is 0 Å². The lowest BCUT2D eigenvalue weighted by Crippen LogP contribution is -2.30. The molecule has 29 heavy (non-hydrogen) atoms. The lowest BCUT2D eigenvalue weighted by Gasteiger charge is -2.10. The Balaban J connectivity index is 1.64. The van der Waals surface area contributed by atoms with E-state index < -0.39 is 0 Å². The van der Waals surface area contributed by atoms with E-state index in [9.17, 15) is 4.79 Å². The third-order valence-corrected chi connectivity index (χ3v) is 4.67. The van der Waals surface area contributed by atoms with E-state index in [1.165, 1.54) is 6.20 Å². The number of aliphatic hydroxyl groups is 1. The monoisotopic (exact) mass is 408 g/mol. The van der Waals surface area contributed by atoms with Gasteiger partial charge in [0.2, 0.25) is 0 Å². The zero-order valence-electron chi connectivity index (χ0n) is 15.7. The lowest BCUT2D eigenvalue weighted by atomic mass is 10.0. The minimum Gasteiger partial charge on any atom is -0.398 e. The topological polar surface area (TPSA) is 112 Å². The third-order valence-electron chi connectivity index (χ3n) is 4.44. The van der Waals surface area contributed by atoms with Gasteiger partial charge in [0.25, 0.3) is 5.91 Å². The van der Waals surface area contributed by atoms with E-state index in [4.69, 9.17) is 27.9 Å². The SMILES string of the molecule is N=C(CNC(=O)c1cncc(Cc2ccc(CO)cc2)c1)c1cc(Cl)ccc1N. The molecule has 1 aromatic heterocycles. The van der Waals surface area contributed by atoms with Gasteiger partial charge in [-0.05, 0) is 47.4 Å². The molecule has 3 rings (SSSR count). The molecule has 0 unspecified atom stereocenters. The van der Waals surface area contributed by atoms with E-state index in [-0.39, 0.29) is 24.8 Å². The van der Waals surface area contributed by atoms with Crippen LogP contribution < -0.4 is 11.1 Å². The highest BCUT2D eigenvalue weighted by atomic mass is 35.5. The number of carbonyl (C=O) groups is 1. The molecule has 0 aliphatic heterocycles. The van der Waals surface area contributed by atoms with Crippen molar-refractivity contribution in [3.05, 3.63) is 93.8 Å². The van der Waals surface area contributed by atoms with Gasteiger partial charge in [0.05, 0.1) is 24.4 Å². The van der Waals surface area contributed by atoms with E-state index in [0.717, 1.165) is 16.7 Å². The number of anilines is 1. The zero-order valence-corrected chi connectivity index (χ0v) is 16.4. The molecule has 0 atom stereocenters. The molecule has 1 amide bonds. The number of nitrogens with two attached hydrogens (primary N) is 1. The van der Waals surface area contributed by atoms with Gasteiger partial charge in [-0.25, -0.2) is 0 Å². The maximum atomic E-state index is 12.5. The normalized spacial score (nSPS) is 10.6. The molecule has 0 saturated carbocycles. The smallest absolute Gasteiger partial charge is 0.253 e. The Morgan fingerprint density at radius 2 is 1.79 bits per heavy atom. The summed E-state index contributed by atoms with van der Waals surface area (Å²) in [6, 6.07) is 14.3. The molecule has 0 spiro atoms. The van der Waals surface area contributed by atoms with Crippen LogP contribution in [-0.2, 0) is 13.0 Å². The molecular formula is C22H21ClN4O2. The fourth-order valence-electron chi connectivity index (χ4n) is 2.86. The van der Waals surface area contributed by atoms with Gasteiger partial charge in [-0.2, -0.15) is 0 Å². The Morgan fingerprint density at radius 1 is 1.07 bits per heavy atom. The minimum atomic E-state index is -0.319. The van der Waals surface area contributed by atoms with Crippen LogP contribution in [0.1, 0.15) is 32.6 Å². The van der Waals surface area contributed by atoms with Crippen molar-refractivity contribution in [3.8, 4) is 0 Å². The number of aliphatic hydroxyl groups excluding tert-OH is 1. The van der Waals surface area contributed by atoms with E-state index in [0.29, 0.717) is 28.3 Å². The number of amides is 1. The Hall–Kier alpha value is -3.22. The van der Waals surface area contributed by atoms with E-state index in [1.807, 2.05) is 24.3 Å². The predicted octanol–water partition coefficient (Wildman–Crippen LogP) is 3.20. The zero-order chi connectivity index (χ0) is 20.8. The van der Waals surface area contributed by atoms with Gasteiger partial charge in [0.15, 0.2) is 0 Å². The van der Waals surface area contributed by atoms with Gasteiger partial charge < -0.3 is 21.6 Å². The Labute approximate surface area is 173 Å². The molecule has 0 bridgehead atoms. The average Bonchev–Trinajstić information content (AvgIpc) is 2.74. The largest absolute Gasteiger partial charge is 0.398 e. The Kier molecular flexibility index (Phi) is 6.59. The van der Waals surface area contributed by atoms with E-state index in [2.05, 4.69) is 10.3 Å². The summed E-state index contributed by atoms with van der Waals surface area (Å²) in [6.45, 7) is 0.0313. The van der Waals surface area contributed by atoms with Crippen LogP contribution in [0.25, 0.3) is 0 Å². The van der Waals surface area contributed by atoms with Crippen LogP contribution in [0.5, 0.6) is 0 Å². The van der Waals surface area contributed by atoms with Gasteiger partial charge in [-0.1, -0.05) is 35.9 Å². The molecule has 7 heteroatoms. The number of carbonyl (C=O) groups excluding carboxylic acids is 1. The quantitative estimate of drug-likeness (QED) is 0.355. The van der Waals surface area contributed by atoms with Crippen LogP contribution in [-0.4, -0.2) is 28.3 Å². The number of hydrogen-bond donors (Lipinski definition) is 4. The molecule has 0 aliphatic rings. The van der Waals surface area contributed by atoms with E-state index >= 15 is 0 Å². The van der Waals surface area contributed by atoms with Crippen molar-refractivity contribution in [2.45, 2.75) is 13.0 Å². The first-order chi connectivity index (χ1) is 14.0. The second-order valence-corrected chi connectivity index (χ2v) is 7.06. The highest BCUT2D eigenvalue weighted by Crippen LogP contribution is 2.18. The van der Waals surface area contributed by atoms with Crippen molar-refractivity contribution in [2.24, 2.45) is 0 Å². The highest BCUT2D eigenvalue weighted by molar-refractivity contribution is 6.31. The van der Waals surface area contributed by atoms with Crippen molar-refractivity contribution in [3.63, 3.8) is 0 Å². The Morgan fingerprint density at radius 3 is 2.52 bits per heavy atom. The number of halogens is 1. The predicted molar refractivity (Wildman–Crippen MR) is 114 cm³/mol. The summed E-state index contributed by atoms with van der Waals surface area (Å²) in [5.41, 5.74) is 10.2. The van der Waals surface area contributed by atoms with Crippen LogP contribution >= 0.6 is 11.6 Å². The summed E-state index contributed by atoms with van der Waals surface area (Å²) in [5, 5.41) is 20.5. The number of aromatic nitrogens is 1. The average molecular weight is 409 g/mol. The minimum absolute atomic E-state index is 0.00728. The second kappa shape index (κ2) is 9.32. The summed E-state index contributed by atoms with van der Waals surface area (Å²) in [4.78, 5) is 16.6. The summed E-state index contributed by atoms with van der Waals surface area (Å²) in [7, 11) is 0. The van der Waals surface area contributed by atoms with Crippen molar-refractivity contribution < 1.29 is 9.90 Å². The summed E-state index contributed by atoms with van der Waals surface area (Å²) >= 11 is 5.96. The van der Waals surface area contributed by atoms with Gasteiger partial charge in [0, 0.05) is 28.7 Å². The van der Waals surface area contributed by atoms with Crippen molar-refractivity contribution in [2.75, 3.05) is 12.3 Å². The summed E-state index contributed by atoms with van der Waals surface area (Å²) < 4.78 is 0. The molecular weight excluding hydrogens is 388 g/mol. The maximum absolute atomic E-state index is 12.5. The second-order valence-electron chi connectivity index (χ2n) is 6.63. The van der Waals surface area contributed by atoms with Crippen molar-refractivity contribution >= 4 is 28.9 Å². The molecule has 1 heterocycles. The van der Waals surface area contributed by atoms with Crippen molar-refractivity contribution in [1.82, 2.24) is 10.3 Å². The van der Waals surface area contributed by atoms with Crippen LogP contribution in [0.15, 0.2) is 60.9 Å². The molecule has 2 aromatic carbocycles. The van der Waals surface area contributed by atoms with Gasteiger partial charge in [-0.15, -0.1) is 0 Å². The van der Waals surface area contributed by atoms with Gasteiger partial charge in [-0.3, -0.25) is 9.78 Å². The van der Waals surface area contributed by atoms with E-state index in [1.54, 1.807) is 30.5 Å². The number of benzene rings is 2. The maximum Gasteiger partial charge on any atom is 0.253 e. The van der Waals surface area contributed by atoms with Crippen LogP contribution in [0.3, 0.4) is 0 Å².